The van der Waals surface area contributed by atoms with E-state index in [0.29, 0.717) is 18.9 Å². The first-order valence-electron chi connectivity index (χ1n) is 10.2. The minimum atomic E-state index is -0.166. The Balaban J connectivity index is 1.28. The Bertz CT molecular complexity index is 1290. The van der Waals surface area contributed by atoms with Gasteiger partial charge in [-0.15, -0.1) is 11.3 Å². The molecule has 2 aromatic heterocycles. The minimum Gasteiger partial charge on any atom is -0.383 e. The van der Waals surface area contributed by atoms with Gasteiger partial charge < -0.3 is 10.6 Å². The highest BCUT2D eigenvalue weighted by Crippen LogP contribution is 2.30. The average Bonchev–Trinajstić information content (AvgIpc) is 3.15. The summed E-state index contributed by atoms with van der Waals surface area (Å²) in [5.74, 6) is 0.621. The zero-order valence-electron chi connectivity index (χ0n) is 17.1. The van der Waals surface area contributed by atoms with Crippen molar-refractivity contribution in [2.45, 2.75) is 26.1 Å². The Kier molecular flexibility index (Phi) is 5.25. The Morgan fingerprint density at radius 2 is 2.00 bits per heavy atom. The Morgan fingerprint density at radius 3 is 2.87 bits per heavy atom. The number of hydrogen-bond donors (Lipinski definition) is 1. The molecule has 0 saturated carbocycles. The first kappa shape index (κ1) is 20.2. The molecule has 158 valence electrons. The van der Waals surface area contributed by atoms with Crippen molar-refractivity contribution in [1.29, 1.82) is 0 Å². The number of nitrogen functional groups attached to an aromatic ring is 1. The highest BCUT2D eigenvalue weighted by atomic mass is 35.5. The summed E-state index contributed by atoms with van der Waals surface area (Å²) in [4.78, 5) is 26.8. The topological polar surface area (TPSA) is 75.3 Å². The van der Waals surface area contributed by atoms with Gasteiger partial charge in [0.15, 0.2) is 0 Å². The van der Waals surface area contributed by atoms with Gasteiger partial charge in [-0.05, 0) is 48.2 Å². The maximum absolute atomic E-state index is 13.1. The molecule has 0 aliphatic carbocycles. The molecule has 1 atom stereocenters. The molecule has 0 radical (unpaired) electrons. The van der Waals surface area contributed by atoms with Crippen molar-refractivity contribution >= 4 is 55.7 Å². The number of carbonyl (C=O) groups excluding carboxylic acids is 1. The number of nitrogens with zero attached hydrogens (tertiary/aromatic N) is 4. The molecular formula is C23H22ClN5OS. The number of aromatic nitrogens is 2. The third kappa shape index (κ3) is 3.96. The zero-order valence-corrected chi connectivity index (χ0v) is 18.7. The highest BCUT2D eigenvalue weighted by molar-refractivity contribution is 7.19. The van der Waals surface area contributed by atoms with Crippen molar-refractivity contribution in [3.8, 4) is 0 Å². The number of hydrogen-bond acceptors (Lipinski definition) is 6. The number of amides is 1. The summed E-state index contributed by atoms with van der Waals surface area (Å²) in [5.41, 5.74) is 7.76. The fourth-order valence-corrected chi connectivity index (χ4v) is 5.49. The van der Waals surface area contributed by atoms with Crippen molar-refractivity contribution in [1.82, 2.24) is 19.8 Å². The van der Waals surface area contributed by atoms with Crippen LogP contribution in [0.4, 0.5) is 5.82 Å². The molecule has 4 aromatic rings. The number of benzene rings is 2. The van der Waals surface area contributed by atoms with Gasteiger partial charge in [0.05, 0.1) is 11.6 Å². The lowest BCUT2D eigenvalue weighted by Crippen LogP contribution is -2.54. The number of piperazine rings is 1. The van der Waals surface area contributed by atoms with Crippen molar-refractivity contribution in [2.75, 3.05) is 18.8 Å². The van der Waals surface area contributed by atoms with Crippen LogP contribution in [-0.2, 0) is 17.9 Å². The van der Waals surface area contributed by atoms with Crippen LogP contribution >= 0.6 is 22.9 Å². The van der Waals surface area contributed by atoms with Crippen molar-refractivity contribution in [3.63, 3.8) is 0 Å². The Labute approximate surface area is 189 Å². The molecule has 0 spiro atoms. The van der Waals surface area contributed by atoms with E-state index in [1.807, 2.05) is 48.2 Å². The molecule has 8 heteroatoms. The summed E-state index contributed by atoms with van der Waals surface area (Å²) < 4.78 is 1.18. The fourth-order valence-electron chi connectivity index (χ4n) is 4.13. The van der Waals surface area contributed by atoms with Gasteiger partial charge in [0, 0.05) is 46.2 Å². The van der Waals surface area contributed by atoms with Gasteiger partial charge in [0.1, 0.15) is 12.1 Å². The summed E-state index contributed by atoms with van der Waals surface area (Å²) in [7, 11) is 0. The fraction of sp³-hybridized carbons (Fsp3) is 0.261. The molecule has 0 unspecified atom stereocenters. The summed E-state index contributed by atoms with van der Waals surface area (Å²) >= 11 is 7.86. The van der Waals surface area contributed by atoms with E-state index in [2.05, 4.69) is 20.9 Å². The maximum Gasteiger partial charge on any atom is 0.239 e. The minimum absolute atomic E-state index is 0.151. The predicted octanol–water partition coefficient (Wildman–Crippen LogP) is 4.31. The second kappa shape index (κ2) is 8.07. The van der Waals surface area contributed by atoms with Gasteiger partial charge in [-0.3, -0.25) is 9.69 Å². The molecule has 3 heterocycles. The van der Waals surface area contributed by atoms with E-state index < -0.39 is 0 Å². The SMILES string of the molecule is C[C@H]1C(=O)N(Cc2ccc3c(N)ncnc3c2)CCN1Cc1cc2ccc(Cl)cc2s1. The monoisotopic (exact) mass is 451 g/mol. The molecule has 1 saturated heterocycles. The molecule has 6 nitrogen and oxygen atoms in total. The molecule has 1 aliphatic heterocycles. The number of carbonyl (C=O) groups is 1. The molecule has 0 bridgehead atoms. The van der Waals surface area contributed by atoms with E-state index in [9.17, 15) is 4.79 Å². The number of anilines is 1. The van der Waals surface area contributed by atoms with Gasteiger partial charge >= 0.3 is 0 Å². The third-order valence-electron chi connectivity index (χ3n) is 5.87. The van der Waals surface area contributed by atoms with Crippen LogP contribution in [-0.4, -0.2) is 44.8 Å². The third-order valence-corrected chi connectivity index (χ3v) is 7.19. The number of nitrogens with two attached hydrogens (primary N) is 1. The largest absolute Gasteiger partial charge is 0.383 e. The van der Waals surface area contributed by atoms with E-state index in [1.165, 1.54) is 21.3 Å². The van der Waals surface area contributed by atoms with Gasteiger partial charge in [0.25, 0.3) is 0 Å². The van der Waals surface area contributed by atoms with Crippen LogP contribution in [0.1, 0.15) is 17.4 Å². The summed E-state index contributed by atoms with van der Waals surface area (Å²) in [5, 5.41) is 2.78. The number of fused-ring (bicyclic) bond motifs is 2. The lowest BCUT2D eigenvalue weighted by atomic mass is 10.1. The van der Waals surface area contributed by atoms with Crippen molar-refractivity contribution in [2.24, 2.45) is 0 Å². The van der Waals surface area contributed by atoms with E-state index in [-0.39, 0.29) is 11.9 Å². The maximum atomic E-state index is 13.1. The zero-order chi connectivity index (χ0) is 21.5. The molecule has 2 aromatic carbocycles. The van der Waals surface area contributed by atoms with Crippen LogP contribution in [0, 0.1) is 0 Å². The molecule has 31 heavy (non-hydrogen) atoms. The smallest absolute Gasteiger partial charge is 0.239 e. The second-order valence-corrected chi connectivity index (χ2v) is 9.52. The highest BCUT2D eigenvalue weighted by Gasteiger charge is 2.31. The van der Waals surface area contributed by atoms with Gasteiger partial charge in [-0.1, -0.05) is 23.7 Å². The quantitative estimate of drug-likeness (QED) is 0.500. The molecular weight excluding hydrogens is 430 g/mol. The molecule has 5 rings (SSSR count). The van der Waals surface area contributed by atoms with Crippen molar-refractivity contribution in [3.05, 3.63) is 64.3 Å². The summed E-state index contributed by atoms with van der Waals surface area (Å²) in [6.07, 6.45) is 1.47. The van der Waals surface area contributed by atoms with Gasteiger partial charge in [-0.2, -0.15) is 0 Å². The molecule has 1 amide bonds. The van der Waals surface area contributed by atoms with Crippen LogP contribution in [0.2, 0.25) is 5.02 Å². The molecule has 2 N–H and O–H groups in total. The van der Waals surface area contributed by atoms with E-state index in [0.717, 1.165) is 34.6 Å². The van der Waals surface area contributed by atoms with Gasteiger partial charge in [0.2, 0.25) is 5.91 Å². The van der Waals surface area contributed by atoms with Crippen LogP contribution < -0.4 is 5.73 Å². The second-order valence-electron chi connectivity index (χ2n) is 7.91. The standard InChI is InChI=1S/C23H22ClN5OS/c1-14-23(30)29(11-15-2-5-19-20(8-15)26-13-27-22(19)25)7-6-28(14)12-18-9-16-3-4-17(24)10-21(16)31-18/h2-5,8-10,13-14H,6-7,11-12H2,1H3,(H2,25,26,27)/t14-/m0/s1. The van der Waals surface area contributed by atoms with Gasteiger partial charge in [-0.25, -0.2) is 9.97 Å². The first-order valence-corrected chi connectivity index (χ1v) is 11.4. The van der Waals surface area contributed by atoms with Crippen LogP contribution in [0.5, 0.6) is 0 Å². The normalized spacial score (nSPS) is 17.7. The average molecular weight is 452 g/mol. The number of thiophene rings is 1. The van der Waals surface area contributed by atoms with E-state index in [4.69, 9.17) is 17.3 Å². The lowest BCUT2D eigenvalue weighted by Gasteiger charge is -2.39. The number of rotatable bonds is 4. The number of halogens is 1. The van der Waals surface area contributed by atoms with Crippen LogP contribution in [0.3, 0.4) is 0 Å². The van der Waals surface area contributed by atoms with E-state index >= 15 is 0 Å². The summed E-state index contributed by atoms with van der Waals surface area (Å²) in [6, 6.07) is 13.9. The lowest BCUT2D eigenvalue weighted by molar-refractivity contribution is -0.142. The first-order chi connectivity index (χ1) is 15.0. The molecule has 1 aliphatic rings. The van der Waals surface area contributed by atoms with Crippen LogP contribution in [0.25, 0.3) is 21.0 Å². The molecule has 1 fully saturated rings. The Hall–Kier alpha value is -2.74. The van der Waals surface area contributed by atoms with Crippen LogP contribution in [0.15, 0.2) is 48.8 Å². The predicted molar refractivity (Wildman–Crippen MR) is 126 cm³/mol. The summed E-state index contributed by atoms with van der Waals surface area (Å²) in [6.45, 7) is 4.86. The van der Waals surface area contributed by atoms with E-state index in [1.54, 1.807) is 11.3 Å². The van der Waals surface area contributed by atoms with Crippen molar-refractivity contribution < 1.29 is 4.79 Å². The Morgan fingerprint density at radius 1 is 1.13 bits per heavy atom.